The average Bonchev–Trinajstić information content (AvgIpc) is 3.38. The molecule has 0 saturated carbocycles. The second kappa shape index (κ2) is 10.1. The normalized spacial score (nSPS) is 28.3. The zero-order chi connectivity index (χ0) is 24.6. The van der Waals surface area contributed by atoms with E-state index in [0.29, 0.717) is 27.9 Å². The molecule has 5 rings (SSSR count). The van der Waals surface area contributed by atoms with Crippen LogP contribution in [0, 0.1) is 0 Å². The summed E-state index contributed by atoms with van der Waals surface area (Å²) in [5.41, 5.74) is 2.21. The molecule has 1 aromatic carbocycles. The molecule has 0 aliphatic carbocycles. The Labute approximate surface area is 207 Å². The maximum Gasteiger partial charge on any atom is 0.472 e. The number of fused-ring (bicyclic) bond motifs is 2. The van der Waals surface area contributed by atoms with Gasteiger partial charge >= 0.3 is 7.82 Å². The molecule has 0 amide bonds. The molecule has 13 heteroatoms. The van der Waals surface area contributed by atoms with Gasteiger partial charge in [0.25, 0.3) is 0 Å². The summed E-state index contributed by atoms with van der Waals surface area (Å²) in [6, 6.07) is 9.98. The van der Waals surface area contributed by atoms with E-state index in [0.717, 1.165) is 24.9 Å². The van der Waals surface area contributed by atoms with Gasteiger partial charge in [-0.1, -0.05) is 55.4 Å². The van der Waals surface area contributed by atoms with Gasteiger partial charge in [-0.05, 0) is 12.0 Å². The smallest absolute Gasteiger partial charge is 0.386 e. The Balaban J connectivity index is 1.54. The first-order chi connectivity index (χ1) is 16.9. The van der Waals surface area contributed by atoms with Crippen LogP contribution in [-0.4, -0.2) is 68.0 Å². The SMILES string of the molecule is CCCCN(C)c1ncnc2c1nc(SCc1ccccc1)n2[C@@H]1O[C@@H]2COP(=O)(O)O[C@H]2[C@H]1O. The molecule has 2 aliphatic heterocycles. The van der Waals surface area contributed by atoms with Crippen LogP contribution >= 0.6 is 19.6 Å². The number of unbranched alkanes of at least 4 members (excludes halogenated alkanes) is 1. The van der Waals surface area contributed by atoms with E-state index in [4.69, 9.17) is 18.8 Å². The van der Waals surface area contributed by atoms with E-state index in [9.17, 15) is 14.6 Å². The topological polar surface area (TPSA) is 132 Å². The van der Waals surface area contributed by atoms with Crippen LogP contribution < -0.4 is 4.90 Å². The minimum atomic E-state index is -4.24. The quantitative estimate of drug-likeness (QED) is 0.335. The Hall–Kier alpha value is -2.05. The first-order valence-corrected chi connectivity index (χ1v) is 14.0. The van der Waals surface area contributed by atoms with Crippen LogP contribution in [0.3, 0.4) is 0 Å². The number of phosphoric acid groups is 1. The van der Waals surface area contributed by atoms with Gasteiger partial charge in [-0.15, -0.1) is 0 Å². The molecule has 5 atom stereocenters. The molecule has 2 saturated heterocycles. The number of hydrogen-bond donors (Lipinski definition) is 2. The van der Waals surface area contributed by atoms with Crippen molar-refractivity contribution in [1.82, 2.24) is 19.5 Å². The van der Waals surface area contributed by atoms with E-state index < -0.39 is 32.4 Å². The first kappa shape index (κ1) is 24.6. The number of imidazole rings is 1. The van der Waals surface area contributed by atoms with Crippen LogP contribution in [-0.2, 0) is 24.1 Å². The number of rotatable bonds is 8. The lowest BCUT2D eigenvalue weighted by Gasteiger charge is -2.27. The average molecular weight is 522 g/mol. The molecule has 0 radical (unpaired) electrons. The maximum atomic E-state index is 12.0. The van der Waals surface area contributed by atoms with Crippen molar-refractivity contribution in [3.63, 3.8) is 0 Å². The molecule has 2 aliphatic rings. The third kappa shape index (κ3) is 4.97. The van der Waals surface area contributed by atoms with Gasteiger partial charge in [0.05, 0.1) is 6.61 Å². The Morgan fingerprint density at radius 2 is 2.09 bits per heavy atom. The minimum absolute atomic E-state index is 0.162. The van der Waals surface area contributed by atoms with Crippen molar-refractivity contribution in [1.29, 1.82) is 0 Å². The molecule has 3 aromatic rings. The number of hydrogen-bond acceptors (Lipinski definition) is 10. The van der Waals surface area contributed by atoms with Crippen molar-refractivity contribution < 1.29 is 28.3 Å². The highest BCUT2D eigenvalue weighted by molar-refractivity contribution is 7.98. The van der Waals surface area contributed by atoms with Crippen molar-refractivity contribution in [3.8, 4) is 0 Å². The van der Waals surface area contributed by atoms with E-state index >= 15 is 0 Å². The molecule has 188 valence electrons. The van der Waals surface area contributed by atoms with Gasteiger partial charge in [0.2, 0.25) is 0 Å². The Morgan fingerprint density at radius 1 is 1.29 bits per heavy atom. The summed E-state index contributed by atoms with van der Waals surface area (Å²) in [6.07, 6.45) is -0.352. The van der Waals surface area contributed by atoms with Crippen LogP contribution in [0.25, 0.3) is 11.2 Å². The van der Waals surface area contributed by atoms with Crippen molar-refractivity contribution in [2.24, 2.45) is 0 Å². The van der Waals surface area contributed by atoms with Gasteiger partial charge < -0.3 is 19.6 Å². The number of ether oxygens (including phenoxy) is 1. The Bertz CT molecular complexity index is 1230. The lowest BCUT2D eigenvalue weighted by atomic mass is 10.1. The van der Waals surface area contributed by atoms with E-state index in [1.54, 1.807) is 4.57 Å². The summed E-state index contributed by atoms with van der Waals surface area (Å²) in [5, 5.41) is 11.7. The number of aromatic nitrogens is 4. The highest BCUT2D eigenvalue weighted by atomic mass is 32.2. The van der Waals surface area contributed by atoms with Crippen LogP contribution in [0.4, 0.5) is 5.82 Å². The molecular formula is C22H28N5O6PS. The first-order valence-electron chi connectivity index (χ1n) is 11.5. The van der Waals surface area contributed by atoms with Gasteiger partial charge in [0, 0.05) is 19.3 Å². The summed E-state index contributed by atoms with van der Waals surface area (Å²) < 4.78 is 29.8. The number of aliphatic hydroxyl groups excluding tert-OH is 1. The summed E-state index contributed by atoms with van der Waals surface area (Å²) in [4.78, 5) is 25.6. The van der Waals surface area contributed by atoms with Crippen LogP contribution in [0.5, 0.6) is 0 Å². The number of thioether (sulfide) groups is 1. The van der Waals surface area contributed by atoms with Gasteiger partial charge in [-0.2, -0.15) is 0 Å². The standard InChI is InChI=1S/C22H28N5O6PS/c1-3-4-10-26(2)19-16-20(24-13-23-19)27(22(25-16)35-12-14-8-6-5-7-9-14)21-17(28)18-15(32-21)11-31-34(29,30)33-18/h5-9,13,15,17-18,21,28H,3-4,10-12H2,1-2H3,(H,29,30)/t15-,17-,18-,21-/m1/s1. The summed E-state index contributed by atoms with van der Waals surface area (Å²) >= 11 is 1.48. The van der Waals surface area contributed by atoms with E-state index in [2.05, 4.69) is 16.9 Å². The number of benzene rings is 1. The number of phosphoric ester groups is 1. The fraction of sp³-hybridized carbons (Fsp3) is 0.500. The van der Waals surface area contributed by atoms with Gasteiger partial charge in [-0.3, -0.25) is 13.6 Å². The monoisotopic (exact) mass is 521 g/mol. The molecule has 2 aromatic heterocycles. The van der Waals surface area contributed by atoms with Crippen LogP contribution in [0.1, 0.15) is 31.6 Å². The highest BCUT2D eigenvalue weighted by Gasteiger charge is 2.53. The summed E-state index contributed by atoms with van der Waals surface area (Å²) in [7, 11) is -2.28. The molecule has 1 unspecified atom stereocenters. The predicted molar refractivity (Wildman–Crippen MR) is 130 cm³/mol. The number of aliphatic hydroxyl groups is 1. The molecule has 2 N–H and O–H groups in total. The van der Waals surface area contributed by atoms with Crippen molar-refractivity contribution in [2.45, 2.75) is 55.2 Å². The predicted octanol–water partition coefficient (Wildman–Crippen LogP) is 3.13. The van der Waals surface area contributed by atoms with Crippen LogP contribution in [0.15, 0.2) is 41.8 Å². The fourth-order valence-electron chi connectivity index (χ4n) is 4.26. The maximum absolute atomic E-state index is 12.0. The molecule has 4 heterocycles. The Kier molecular flexibility index (Phi) is 7.13. The number of anilines is 1. The van der Waals surface area contributed by atoms with Crippen molar-refractivity contribution in [3.05, 3.63) is 42.2 Å². The molecular weight excluding hydrogens is 493 g/mol. The second-order valence-corrected chi connectivity index (χ2v) is 10.9. The molecule has 35 heavy (non-hydrogen) atoms. The van der Waals surface area contributed by atoms with E-state index in [1.165, 1.54) is 18.1 Å². The summed E-state index contributed by atoms with van der Waals surface area (Å²) in [6.45, 7) is 2.78. The number of nitrogens with zero attached hydrogens (tertiary/aromatic N) is 5. The molecule has 0 spiro atoms. The summed E-state index contributed by atoms with van der Waals surface area (Å²) in [5.74, 6) is 1.33. The molecule has 11 nitrogen and oxygen atoms in total. The van der Waals surface area contributed by atoms with Crippen molar-refractivity contribution in [2.75, 3.05) is 25.1 Å². The minimum Gasteiger partial charge on any atom is -0.386 e. The largest absolute Gasteiger partial charge is 0.472 e. The Morgan fingerprint density at radius 3 is 2.86 bits per heavy atom. The van der Waals surface area contributed by atoms with Gasteiger partial charge in [-0.25, -0.2) is 19.5 Å². The van der Waals surface area contributed by atoms with E-state index in [-0.39, 0.29) is 6.61 Å². The second-order valence-electron chi connectivity index (χ2n) is 8.57. The van der Waals surface area contributed by atoms with Gasteiger partial charge in [0.1, 0.15) is 24.6 Å². The zero-order valence-electron chi connectivity index (χ0n) is 19.4. The van der Waals surface area contributed by atoms with Crippen LogP contribution in [0.2, 0.25) is 0 Å². The zero-order valence-corrected chi connectivity index (χ0v) is 21.1. The lowest BCUT2D eigenvalue weighted by molar-refractivity contribution is -0.0684. The highest BCUT2D eigenvalue weighted by Crippen LogP contribution is 2.53. The lowest BCUT2D eigenvalue weighted by Crippen LogP contribution is -2.39. The third-order valence-electron chi connectivity index (χ3n) is 6.07. The third-order valence-corrected chi connectivity index (χ3v) is 8.07. The molecule has 0 bridgehead atoms. The molecule has 2 fully saturated rings. The van der Waals surface area contributed by atoms with Gasteiger partial charge in [0.15, 0.2) is 28.4 Å². The fourth-order valence-corrected chi connectivity index (χ4v) is 6.20. The van der Waals surface area contributed by atoms with E-state index in [1.807, 2.05) is 42.3 Å². The van der Waals surface area contributed by atoms with Crippen molar-refractivity contribution >= 4 is 36.6 Å².